The molecule has 0 fully saturated rings. The van der Waals surface area contributed by atoms with Crippen molar-refractivity contribution >= 4 is 13.7 Å². The molecule has 0 aromatic carbocycles. The number of aliphatic hydroxyl groups excluding tert-OH is 1. The molecular formula is C48H90N2O6P+. The largest absolute Gasteiger partial charge is 0.472 e. The van der Waals surface area contributed by atoms with E-state index in [2.05, 4.69) is 61.7 Å². The van der Waals surface area contributed by atoms with Gasteiger partial charge in [0.15, 0.2) is 0 Å². The maximum atomic E-state index is 12.8. The number of quaternary nitrogens is 1. The van der Waals surface area contributed by atoms with Crippen LogP contribution in [0.1, 0.15) is 187 Å². The first-order chi connectivity index (χ1) is 27.5. The molecule has 0 radical (unpaired) electrons. The number of carbonyl (C=O) groups is 1. The van der Waals surface area contributed by atoms with E-state index in [1.165, 1.54) is 128 Å². The highest BCUT2D eigenvalue weighted by Crippen LogP contribution is 2.43. The SMILES string of the molecule is CCCCCCCCCCCCC=CCC=CCC=CCC=CCC(=O)N[C@@H](COP(=O)(O)OCC[N+](C)(C)C)[C@H](O)CC=CCCCCCCCCCCCC. The first-order valence-electron chi connectivity index (χ1n) is 23.2. The molecule has 0 aliphatic carbocycles. The van der Waals surface area contributed by atoms with E-state index in [0.717, 1.165) is 32.1 Å². The zero-order valence-electron chi connectivity index (χ0n) is 37.6. The van der Waals surface area contributed by atoms with Gasteiger partial charge in [0.2, 0.25) is 5.91 Å². The number of nitrogens with zero attached hydrogens (tertiary/aromatic N) is 1. The zero-order chi connectivity index (χ0) is 42.1. The van der Waals surface area contributed by atoms with E-state index in [9.17, 15) is 19.4 Å². The van der Waals surface area contributed by atoms with Gasteiger partial charge in [-0.2, -0.15) is 0 Å². The topological polar surface area (TPSA) is 105 Å². The van der Waals surface area contributed by atoms with Crippen molar-refractivity contribution in [1.82, 2.24) is 5.32 Å². The van der Waals surface area contributed by atoms with Crippen LogP contribution in [0.15, 0.2) is 60.8 Å². The number of allylic oxidation sites excluding steroid dienone is 8. The minimum atomic E-state index is -4.36. The number of phosphoric acid groups is 1. The second-order valence-corrected chi connectivity index (χ2v) is 18.3. The number of hydrogen-bond donors (Lipinski definition) is 3. The molecule has 1 amide bonds. The molecule has 0 spiro atoms. The Bertz CT molecular complexity index is 1110. The fourth-order valence-corrected chi connectivity index (χ4v) is 7.03. The van der Waals surface area contributed by atoms with Gasteiger partial charge in [-0.05, 0) is 51.4 Å². The van der Waals surface area contributed by atoms with Gasteiger partial charge >= 0.3 is 7.82 Å². The van der Waals surface area contributed by atoms with Gasteiger partial charge in [-0.1, -0.05) is 190 Å². The molecule has 0 bridgehead atoms. The molecule has 0 rings (SSSR count). The van der Waals surface area contributed by atoms with Crippen molar-refractivity contribution in [3.05, 3.63) is 60.8 Å². The monoisotopic (exact) mass is 822 g/mol. The van der Waals surface area contributed by atoms with Crippen molar-refractivity contribution in [3.8, 4) is 0 Å². The van der Waals surface area contributed by atoms with Crippen molar-refractivity contribution in [2.45, 2.75) is 199 Å². The van der Waals surface area contributed by atoms with E-state index < -0.39 is 20.0 Å². The van der Waals surface area contributed by atoms with Gasteiger partial charge in [0.25, 0.3) is 0 Å². The molecule has 0 saturated carbocycles. The summed E-state index contributed by atoms with van der Waals surface area (Å²) >= 11 is 0. The summed E-state index contributed by atoms with van der Waals surface area (Å²) in [5.41, 5.74) is 0. The van der Waals surface area contributed by atoms with Crippen LogP contribution in [0.4, 0.5) is 0 Å². The van der Waals surface area contributed by atoms with Crippen molar-refractivity contribution in [2.75, 3.05) is 40.9 Å². The summed E-state index contributed by atoms with van der Waals surface area (Å²) in [5, 5.41) is 13.8. The van der Waals surface area contributed by atoms with Crippen LogP contribution in [-0.4, -0.2) is 73.4 Å². The second kappa shape index (κ2) is 39.6. The number of hydrogen-bond acceptors (Lipinski definition) is 5. The van der Waals surface area contributed by atoms with E-state index >= 15 is 0 Å². The zero-order valence-corrected chi connectivity index (χ0v) is 38.5. The van der Waals surface area contributed by atoms with Crippen molar-refractivity contribution in [3.63, 3.8) is 0 Å². The average molecular weight is 822 g/mol. The van der Waals surface area contributed by atoms with Crippen molar-refractivity contribution in [1.29, 1.82) is 0 Å². The highest BCUT2D eigenvalue weighted by atomic mass is 31.2. The molecule has 8 nitrogen and oxygen atoms in total. The lowest BCUT2D eigenvalue weighted by Gasteiger charge is -2.26. The van der Waals surface area contributed by atoms with Gasteiger partial charge in [-0.25, -0.2) is 4.57 Å². The van der Waals surface area contributed by atoms with Crippen LogP contribution >= 0.6 is 7.82 Å². The normalized spacial score (nSPS) is 14.9. The minimum Gasteiger partial charge on any atom is -0.391 e. The fourth-order valence-electron chi connectivity index (χ4n) is 6.29. The fraction of sp³-hybridized carbons (Fsp3) is 0.771. The summed E-state index contributed by atoms with van der Waals surface area (Å²) < 4.78 is 23.5. The molecule has 9 heteroatoms. The van der Waals surface area contributed by atoms with Crippen molar-refractivity contribution in [2.24, 2.45) is 0 Å². The summed E-state index contributed by atoms with van der Waals surface area (Å²) in [6.07, 6.45) is 51.7. The molecular weight excluding hydrogens is 732 g/mol. The van der Waals surface area contributed by atoms with Crippen LogP contribution in [0, 0.1) is 0 Å². The smallest absolute Gasteiger partial charge is 0.391 e. The molecule has 3 N–H and O–H groups in total. The standard InChI is InChI=1S/C48H89N2O6P/c1-6-8-10-12-14-16-18-20-21-22-23-24-25-26-27-28-30-32-34-36-38-40-42-48(52)49-46(45-56-57(53,54)55-44-43-50(3,4)5)47(51)41-39-37-35-33-31-29-19-17-15-13-11-9-7-2/h24-25,27-28,32,34,37-40,46-47,51H,6-23,26,29-31,33,35-36,41-45H2,1-5H3,(H-,49,52,53,54)/p+1/t46-,47+/m0/s1. The van der Waals surface area contributed by atoms with Crippen LogP contribution in [0.5, 0.6) is 0 Å². The maximum Gasteiger partial charge on any atom is 0.472 e. The third-order valence-electron chi connectivity index (χ3n) is 10.0. The van der Waals surface area contributed by atoms with Gasteiger partial charge < -0.3 is 19.8 Å². The Kier molecular flexibility index (Phi) is 38.4. The number of phosphoric ester groups is 1. The summed E-state index contributed by atoms with van der Waals surface area (Å²) in [4.78, 5) is 23.1. The first-order valence-corrected chi connectivity index (χ1v) is 24.6. The van der Waals surface area contributed by atoms with Gasteiger partial charge in [0.1, 0.15) is 13.2 Å². The van der Waals surface area contributed by atoms with Crippen LogP contribution in [0.25, 0.3) is 0 Å². The number of aliphatic hydroxyl groups is 1. The van der Waals surface area contributed by atoms with E-state index in [1.807, 2.05) is 33.3 Å². The highest BCUT2D eigenvalue weighted by molar-refractivity contribution is 7.47. The van der Waals surface area contributed by atoms with E-state index in [0.29, 0.717) is 17.4 Å². The Morgan fingerprint density at radius 2 is 1.00 bits per heavy atom. The molecule has 0 aromatic heterocycles. The summed E-state index contributed by atoms with van der Waals surface area (Å²) in [5.74, 6) is -0.292. The van der Waals surface area contributed by atoms with Crippen LogP contribution < -0.4 is 5.32 Å². The number of nitrogens with one attached hydrogen (secondary N) is 1. The molecule has 0 saturated heterocycles. The summed E-state index contributed by atoms with van der Waals surface area (Å²) in [6, 6.07) is -0.864. The lowest BCUT2D eigenvalue weighted by Crippen LogP contribution is -2.46. The van der Waals surface area contributed by atoms with Crippen LogP contribution in [0.2, 0.25) is 0 Å². The predicted molar refractivity (Wildman–Crippen MR) is 244 cm³/mol. The van der Waals surface area contributed by atoms with Gasteiger partial charge in [0, 0.05) is 6.42 Å². The molecule has 3 atom stereocenters. The minimum absolute atomic E-state index is 0.0466. The Morgan fingerprint density at radius 1 is 0.596 bits per heavy atom. The third kappa shape index (κ3) is 42.1. The van der Waals surface area contributed by atoms with E-state index in [4.69, 9.17) is 9.05 Å². The molecule has 57 heavy (non-hydrogen) atoms. The maximum absolute atomic E-state index is 12.8. The summed E-state index contributed by atoms with van der Waals surface area (Å²) in [7, 11) is 1.52. The van der Waals surface area contributed by atoms with Crippen molar-refractivity contribution < 1.29 is 32.9 Å². The number of likely N-dealkylation sites (N-methyl/N-ethyl adjacent to an activating group) is 1. The molecule has 0 aromatic rings. The van der Waals surface area contributed by atoms with Crippen LogP contribution in [-0.2, 0) is 18.4 Å². The molecule has 0 heterocycles. The third-order valence-corrected chi connectivity index (χ3v) is 11.0. The van der Waals surface area contributed by atoms with Gasteiger partial charge in [-0.3, -0.25) is 13.8 Å². The highest BCUT2D eigenvalue weighted by Gasteiger charge is 2.28. The molecule has 0 aliphatic rings. The number of rotatable bonds is 41. The number of carbonyl (C=O) groups excluding carboxylic acids is 1. The van der Waals surface area contributed by atoms with Crippen LogP contribution in [0.3, 0.4) is 0 Å². The summed E-state index contributed by atoms with van der Waals surface area (Å²) in [6.45, 7) is 4.75. The molecule has 332 valence electrons. The first kappa shape index (κ1) is 55.2. The Labute approximate surface area is 351 Å². The lowest BCUT2D eigenvalue weighted by atomic mass is 10.1. The second-order valence-electron chi connectivity index (χ2n) is 16.8. The van der Waals surface area contributed by atoms with E-state index in [-0.39, 0.29) is 25.5 Å². The Morgan fingerprint density at radius 3 is 1.46 bits per heavy atom. The lowest BCUT2D eigenvalue weighted by molar-refractivity contribution is -0.870. The van der Waals surface area contributed by atoms with Gasteiger partial charge in [0.05, 0.1) is 39.9 Å². The predicted octanol–water partition coefficient (Wildman–Crippen LogP) is 13.0. The van der Waals surface area contributed by atoms with E-state index in [1.54, 1.807) is 6.08 Å². The van der Waals surface area contributed by atoms with Gasteiger partial charge in [-0.15, -0.1) is 0 Å². The Hall–Kier alpha value is -1.80. The molecule has 1 unspecified atom stereocenters. The number of amides is 1. The molecule has 0 aliphatic heterocycles. The average Bonchev–Trinajstić information content (AvgIpc) is 3.16. The number of unbranched alkanes of at least 4 members (excludes halogenated alkanes) is 20. The Balaban J connectivity index is 4.50. The quantitative estimate of drug-likeness (QED) is 0.0245.